The molecule has 2 heterocycles. The van der Waals surface area contributed by atoms with Gasteiger partial charge in [-0.1, -0.05) is 11.6 Å². The Morgan fingerprint density at radius 1 is 1.36 bits per heavy atom. The molecule has 11 heteroatoms. The minimum absolute atomic E-state index is 0.0668. The maximum atomic E-state index is 12.7. The van der Waals surface area contributed by atoms with Crippen LogP contribution in [0.1, 0.15) is 23.5 Å². The van der Waals surface area contributed by atoms with Crippen LogP contribution in [0, 0.1) is 13.8 Å². The lowest BCUT2D eigenvalue weighted by Gasteiger charge is -2.07. The van der Waals surface area contributed by atoms with Crippen LogP contribution in [-0.4, -0.2) is 32.0 Å². The molecule has 2 aromatic heterocycles. The van der Waals surface area contributed by atoms with Gasteiger partial charge in [-0.25, -0.2) is 0 Å². The van der Waals surface area contributed by atoms with Crippen LogP contribution in [0.3, 0.4) is 0 Å². The van der Waals surface area contributed by atoms with Crippen LogP contribution in [0.2, 0.25) is 5.02 Å². The van der Waals surface area contributed by atoms with E-state index >= 15 is 0 Å². The highest BCUT2D eigenvalue weighted by Crippen LogP contribution is 2.35. The molecule has 0 aliphatic heterocycles. The quantitative estimate of drug-likeness (QED) is 0.698. The Kier molecular flexibility index (Phi) is 6.15. The first kappa shape index (κ1) is 19.8. The number of halogens is 5. The molecule has 6 nitrogen and oxygen atoms in total. The smallest absolute Gasteiger partial charge is 0.354 e. The monoisotopic (exact) mass is 441 g/mol. The van der Waals surface area contributed by atoms with Crippen molar-refractivity contribution in [3.8, 4) is 0 Å². The van der Waals surface area contributed by atoms with Gasteiger partial charge in [-0.15, -0.1) is 0 Å². The number of carbonyl (C=O) groups is 1. The second-order valence-corrected chi connectivity index (χ2v) is 6.66. The average molecular weight is 443 g/mol. The maximum Gasteiger partial charge on any atom is 0.436 e. The van der Waals surface area contributed by atoms with E-state index in [2.05, 4.69) is 31.4 Å². The Bertz CT molecular complexity index is 752. The summed E-state index contributed by atoms with van der Waals surface area (Å²) in [4.78, 5) is 11.8. The van der Waals surface area contributed by atoms with E-state index in [0.29, 0.717) is 13.0 Å². The minimum atomic E-state index is -4.59. The van der Waals surface area contributed by atoms with Crippen LogP contribution in [0.5, 0.6) is 0 Å². The number of hydrogen-bond acceptors (Lipinski definition) is 3. The molecule has 1 amide bonds. The van der Waals surface area contributed by atoms with Gasteiger partial charge in [0.05, 0.1) is 20.9 Å². The Morgan fingerprint density at radius 3 is 2.56 bits per heavy atom. The molecule has 0 saturated carbocycles. The molecular formula is C14H16BrClF3N5O. The number of amides is 1. The molecule has 0 unspecified atom stereocenters. The fourth-order valence-corrected chi connectivity index (χ4v) is 2.72. The fourth-order valence-electron chi connectivity index (χ4n) is 2.16. The molecule has 0 atom stereocenters. The number of nitrogens with one attached hydrogen (secondary N) is 1. The Labute approximate surface area is 155 Å². The molecule has 0 spiro atoms. The average Bonchev–Trinajstić information content (AvgIpc) is 2.96. The van der Waals surface area contributed by atoms with E-state index in [4.69, 9.17) is 11.6 Å². The van der Waals surface area contributed by atoms with Gasteiger partial charge in [0.1, 0.15) is 6.54 Å². The molecular weight excluding hydrogens is 427 g/mol. The third-order valence-electron chi connectivity index (χ3n) is 3.46. The summed E-state index contributed by atoms with van der Waals surface area (Å²) in [5, 5.41) is 9.95. The van der Waals surface area contributed by atoms with E-state index in [-0.39, 0.29) is 24.7 Å². The van der Waals surface area contributed by atoms with Gasteiger partial charge in [-0.3, -0.25) is 14.2 Å². The molecule has 0 fully saturated rings. The van der Waals surface area contributed by atoms with Crippen molar-refractivity contribution < 1.29 is 18.0 Å². The van der Waals surface area contributed by atoms with Gasteiger partial charge < -0.3 is 5.32 Å². The predicted molar refractivity (Wildman–Crippen MR) is 89.3 cm³/mol. The van der Waals surface area contributed by atoms with E-state index in [1.165, 1.54) is 16.3 Å². The first-order valence-electron chi connectivity index (χ1n) is 7.36. The topological polar surface area (TPSA) is 64.7 Å². The molecule has 0 aliphatic rings. The largest absolute Gasteiger partial charge is 0.436 e. The Hall–Kier alpha value is -1.55. The van der Waals surface area contributed by atoms with Crippen LogP contribution >= 0.6 is 27.5 Å². The van der Waals surface area contributed by atoms with Crippen molar-refractivity contribution in [1.29, 1.82) is 0 Å². The van der Waals surface area contributed by atoms with Crippen LogP contribution in [0.25, 0.3) is 0 Å². The van der Waals surface area contributed by atoms with E-state index in [0.717, 1.165) is 10.2 Å². The summed E-state index contributed by atoms with van der Waals surface area (Å²) in [6.45, 7) is 3.87. The second kappa shape index (κ2) is 7.77. The van der Waals surface area contributed by atoms with Crippen molar-refractivity contribution in [3.05, 3.63) is 32.8 Å². The van der Waals surface area contributed by atoms with Crippen LogP contribution in [0.15, 0.2) is 10.7 Å². The number of aryl methyl sites for hydroxylation is 2. The summed E-state index contributed by atoms with van der Waals surface area (Å²) >= 11 is 8.99. The maximum absolute atomic E-state index is 12.7. The number of aromatic nitrogens is 4. The first-order chi connectivity index (χ1) is 11.6. The lowest BCUT2D eigenvalue weighted by atomic mass is 10.3. The van der Waals surface area contributed by atoms with Crippen molar-refractivity contribution in [3.63, 3.8) is 0 Å². The summed E-state index contributed by atoms with van der Waals surface area (Å²) in [7, 11) is 0. The molecule has 0 aromatic carbocycles. The van der Waals surface area contributed by atoms with Gasteiger partial charge in [0.25, 0.3) is 0 Å². The summed E-state index contributed by atoms with van der Waals surface area (Å²) < 4.78 is 41.7. The highest BCUT2D eigenvalue weighted by atomic mass is 79.9. The van der Waals surface area contributed by atoms with Crippen molar-refractivity contribution >= 4 is 33.4 Å². The zero-order valence-corrected chi connectivity index (χ0v) is 15.8. The van der Waals surface area contributed by atoms with Gasteiger partial charge in [0.2, 0.25) is 5.91 Å². The number of carbonyl (C=O) groups excluding carboxylic acids is 1. The molecule has 0 radical (unpaired) electrons. The Balaban J connectivity index is 1.82. The SMILES string of the molecule is Cc1nn(CC(=O)NCCCn2nc(C(F)(F)F)c(Cl)c2C)cc1Br. The summed E-state index contributed by atoms with van der Waals surface area (Å²) in [5.74, 6) is -0.235. The number of alkyl halides is 3. The summed E-state index contributed by atoms with van der Waals surface area (Å²) in [6.07, 6.45) is -2.47. The van der Waals surface area contributed by atoms with Crippen molar-refractivity contribution in [2.45, 2.75) is 39.5 Å². The zero-order valence-electron chi connectivity index (χ0n) is 13.5. The van der Waals surface area contributed by atoms with E-state index in [9.17, 15) is 18.0 Å². The van der Waals surface area contributed by atoms with Crippen LogP contribution in [-0.2, 0) is 24.1 Å². The third-order valence-corrected chi connectivity index (χ3v) is 4.69. The van der Waals surface area contributed by atoms with Gasteiger partial charge in [-0.05, 0) is 36.2 Å². The lowest BCUT2D eigenvalue weighted by Crippen LogP contribution is -2.29. The highest BCUT2D eigenvalue weighted by Gasteiger charge is 2.38. The van der Waals surface area contributed by atoms with E-state index in [1.807, 2.05) is 6.92 Å². The molecule has 0 bridgehead atoms. The summed E-state index contributed by atoms with van der Waals surface area (Å²) in [6, 6.07) is 0. The van der Waals surface area contributed by atoms with Crippen molar-refractivity contribution in [2.24, 2.45) is 0 Å². The standard InChI is InChI=1S/C14H16BrClF3N5O/c1-8-10(15)6-23(21-8)7-11(25)20-4-3-5-24-9(2)12(16)13(22-24)14(17,18)19/h6H,3-5,7H2,1-2H3,(H,20,25). The van der Waals surface area contributed by atoms with Crippen molar-refractivity contribution in [1.82, 2.24) is 24.9 Å². The normalized spacial score (nSPS) is 11.8. The summed E-state index contributed by atoms with van der Waals surface area (Å²) in [5.41, 5.74) is -0.0631. The fraction of sp³-hybridized carbons (Fsp3) is 0.500. The second-order valence-electron chi connectivity index (χ2n) is 5.43. The molecule has 0 saturated heterocycles. The molecule has 25 heavy (non-hydrogen) atoms. The molecule has 2 rings (SSSR count). The van der Waals surface area contributed by atoms with Gasteiger partial charge in [-0.2, -0.15) is 23.4 Å². The predicted octanol–water partition coefficient (Wildman–Crippen LogP) is 3.34. The van der Waals surface area contributed by atoms with Gasteiger partial charge >= 0.3 is 6.18 Å². The molecule has 2 aromatic rings. The Morgan fingerprint density at radius 2 is 2.04 bits per heavy atom. The van der Waals surface area contributed by atoms with Gasteiger partial charge in [0, 0.05) is 19.3 Å². The molecule has 138 valence electrons. The van der Waals surface area contributed by atoms with E-state index in [1.54, 1.807) is 6.20 Å². The highest BCUT2D eigenvalue weighted by molar-refractivity contribution is 9.10. The lowest BCUT2D eigenvalue weighted by molar-refractivity contribution is -0.141. The minimum Gasteiger partial charge on any atom is -0.354 e. The van der Waals surface area contributed by atoms with Crippen molar-refractivity contribution in [2.75, 3.05) is 6.54 Å². The van der Waals surface area contributed by atoms with Gasteiger partial charge in [0.15, 0.2) is 5.69 Å². The van der Waals surface area contributed by atoms with Crippen LogP contribution < -0.4 is 5.32 Å². The first-order valence-corrected chi connectivity index (χ1v) is 8.53. The van der Waals surface area contributed by atoms with Crippen LogP contribution in [0.4, 0.5) is 13.2 Å². The molecule has 1 N–H and O–H groups in total. The van der Waals surface area contributed by atoms with E-state index < -0.39 is 16.9 Å². The third kappa shape index (κ3) is 4.97. The number of hydrogen-bond donors (Lipinski definition) is 1. The number of rotatable bonds is 6. The molecule has 0 aliphatic carbocycles. The number of nitrogens with zero attached hydrogens (tertiary/aromatic N) is 4. The zero-order chi connectivity index (χ0) is 18.8.